The molecule has 6 nitrogen and oxygen atoms in total. The van der Waals surface area contributed by atoms with Gasteiger partial charge in [0, 0.05) is 12.8 Å². The lowest BCUT2D eigenvalue weighted by Gasteiger charge is -2.26. The van der Waals surface area contributed by atoms with E-state index in [1.54, 1.807) is 19.3 Å². The Bertz CT molecular complexity index is 821. The number of ether oxygens (including phenoxy) is 1. The molecule has 114 valence electrons. The molecule has 4 heterocycles. The third kappa shape index (κ3) is 2.07. The van der Waals surface area contributed by atoms with Gasteiger partial charge in [-0.2, -0.15) is 0 Å². The quantitative estimate of drug-likeness (QED) is 0.786. The molecule has 1 saturated heterocycles. The predicted molar refractivity (Wildman–Crippen MR) is 82.6 cm³/mol. The molecule has 0 bridgehead atoms. The molecule has 1 aliphatic rings. The van der Waals surface area contributed by atoms with Gasteiger partial charge in [0.25, 0.3) is 0 Å². The lowest BCUT2D eigenvalue weighted by Crippen LogP contribution is -2.23. The van der Waals surface area contributed by atoms with E-state index in [0.29, 0.717) is 12.4 Å². The molecular formula is C16H18N4O2. The van der Waals surface area contributed by atoms with E-state index in [1.807, 2.05) is 12.1 Å². The maximum absolute atomic E-state index is 10.1. The van der Waals surface area contributed by atoms with Crippen molar-refractivity contribution in [3.63, 3.8) is 0 Å². The van der Waals surface area contributed by atoms with E-state index in [2.05, 4.69) is 19.5 Å². The highest BCUT2D eigenvalue weighted by Gasteiger charge is 2.25. The van der Waals surface area contributed by atoms with Crippen LogP contribution >= 0.6 is 0 Å². The maximum Gasteiger partial charge on any atom is 0.139 e. The summed E-state index contributed by atoms with van der Waals surface area (Å²) in [5.41, 5.74) is 3.37. The normalized spacial score (nSPS) is 20.5. The van der Waals surface area contributed by atoms with E-state index in [-0.39, 0.29) is 6.04 Å². The van der Waals surface area contributed by atoms with Crippen molar-refractivity contribution >= 4 is 22.1 Å². The summed E-state index contributed by atoms with van der Waals surface area (Å²) >= 11 is 0. The number of hydrogen-bond acceptors (Lipinski definition) is 5. The number of hydrogen-bond donors (Lipinski definition) is 1. The van der Waals surface area contributed by atoms with Gasteiger partial charge in [-0.1, -0.05) is 0 Å². The summed E-state index contributed by atoms with van der Waals surface area (Å²) in [6, 6.07) is 4.00. The van der Waals surface area contributed by atoms with E-state index in [4.69, 9.17) is 4.74 Å². The van der Waals surface area contributed by atoms with Crippen LogP contribution in [0.15, 0.2) is 24.5 Å². The molecule has 3 aromatic heterocycles. The molecule has 1 aliphatic heterocycles. The monoisotopic (exact) mass is 298 g/mol. The Balaban J connectivity index is 2.04. The summed E-state index contributed by atoms with van der Waals surface area (Å²) in [7, 11) is 0. The van der Waals surface area contributed by atoms with E-state index in [0.717, 1.165) is 41.5 Å². The Morgan fingerprint density at radius 1 is 1.36 bits per heavy atom. The van der Waals surface area contributed by atoms with Gasteiger partial charge in [0.2, 0.25) is 0 Å². The third-order valence-electron chi connectivity index (χ3n) is 4.18. The first-order chi connectivity index (χ1) is 10.8. The molecule has 4 rings (SSSR count). The number of aliphatic hydroxyl groups excluding tert-OH is 1. The number of fused-ring (bicyclic) bond motifs is 3. The second-order valence-electron chi connectivity index (χ2n) is 5.75. The topological polar surface area (TPSA) is 73.1 Å². The van der Waals surface area contributed by atoms with Gasteiger partial charge >= 0.3 is 0 Å². The van der Waals surface area contributed by atoms with E-state index in [9.17, 15) is 5.11 Å². The molecule has 1 N–H and O–H groups in total. The Morgan fingerprint density at radius 2 is 2.27 bits per heavy atom. The maximum atomic E-state index is 10.1. The lowest BCUT2D eigenvalue weighted by molar-refractivity contribution is 0.0564. The summed E-state index contributed by atoms with van der Waals surface area (Å²) < 4.78 is 7.74. The van der Waals surface area contributed by atoms with E-state index >= 15 is 0 Å². The number of aliphatic hydroxyl groups is 1. The molecule has 0 radical (unpaired) electrons. The summed E-state index contributed by atoms with van der Waals surface area (Å²) in [6.07, 6.45) is 4.90. The van der Waals surface area contributed by atoms with Crippen LogP contribution in [-0.4, -0.2) is 37.8 Å². The summed E-state index contributed by atoms with van der Waals surface area (Å²) in [5, 5.41) is 10.1. The Morgan fingerprint density at radius 3 is 3.05 bits per heavy atom. The van der Waals surface area contributed by atoms with E-state index in [1.165, 1.54) is 0 Å². The number of imidazole rings is 1. The fourth-order valence-electron chi connectivity index (χ4n) is 3.20. The summed E-state index contributed by atoms with van der Waals surface area (Å²) in [5.74, 6) is 0.658. The van der Waals surface area contributed by atoms with Crippen molar-refractivity contribution in [2.24, 2.45) is 0 Å². The smallest absolute Gasteiger partial charge is 0.139 e. The molecule has 3 aromatic rings. The Hall–Kier alpha value is -2.05. The number of rotatable bonds is 2. The highest BCUT2D eigenvalue weighted by molar-refractivity contribution is 5.99. The molecule has 0 spiro atoms. The molecule has 0 saturated carbocycles. The van der Waals surface area contributed by atoms with Crippen LogP contribution in [0.5, 0.6) is 0 Å². The summed E-state index contributed by atoms with van der Waals surface area (Å²) in [4.78, 5) is 13.5. The van der Waals surface area contributed by atoms with Crippen LogP contribution in [0.1, 0.15) is 37.7 Å². The summed E-state index contributed by atoms with van der Waals surface area (Å²) in [6.45, 7) is 3.18. The average Bonchev–Trinajstić information content (AvgIpc) is 2.96. The fraction of sp³-hybridized carbons (Fsp3) is 0.438. The van der Waals surface area contributed by atoms with Crippen LogP contribution in [0, 0.1) is 0 Å². The van der Waals surface area contributed by atoms with Crippen molar-refractivity contribution in [3.05, 3.63) is 30.4 Å². The minimum Gasteiger partial charge on any atom is -0.385 e. The molecule has 0 aliphatic carbocycles. The van der Waals surface area contributed by atoms with Gasteiger partial charge in [-0.3, -0.25) is 9.97 Å². The van der Waals surface area contributed by atoms with Crippen LogP contribution in [0.4, 0.5) is 0 Å². The van der Waals surface area contributed by atoms with Gasteiger partial charge in [-0.05, 0) is 31.9 Å². The second kappa shape index (κ2) is 5.30. The highest BCUT2D eigenvalue weighted by atomic mass is 16.5. The van der Waals surface area contributed by atoms with Gasteiger partial charge in [0.1, 0.15) is 23.0 Å². The van der Waals surface area contributed by atoms with Gasteiger partial charge in [-0.15, -0.1) is 0 Å². The Labute approximate surface area is 127 Å². The van der Waals surface area contributed by atoms with Gasteiger partial charge in [0.15, 0.2) is 0 Å². The minimum absolute atomic E-state index is 0.177. The first kappa shape index (κ1) is 13.6. The predicted octanol–water partition coefficient (Wildman–Crippen LogP) is 2.38. The van der Waals surface area contributed by atoms with Crippen LogP contribution in [0.25, 0.3) is 22.1 Å². The largest absolute Gasteiger partial charge is 0.385 e. The van der Waals surface area contributed by atoms with Crippen molar-refractivity contribution in [1.29, 1.82) is 0 Å². The standard InChI is InChI=1S/C16H18N4O2/c1-10(21)16-19-13-8-18-12-5-2-6-17-14(12)15(13)20(16)11-4-3-7-22-9-11/h2,5-6,8,10-11,21H,3-4,7,9H2,1H3. The van der Waals surface area contributed by atoms with Gasteiger partial charge < -0.3 is 14.4 Å². The number of aromatic nitrogens is 4. The minimum atomic E-state index is -0.645. The molecule has 22 heavy (non-hydrogen) atoms. The van der Waals surface area contributed by atoms with Crippen molar-refractivity contribution in [2.75, 3.05) is 13.2 Å². The zero-order valence-electron chi connectivity index (χ0n) is 12.4. The van der Waals surface area contributed by atoms with Crippen LogP contribution in [0.3, 0.4) is 0 Å². The molecule has 2 atom stereocenters. The third-order valence-corrected chi connectivity index (χ3v) is 4.18. The zero-order chi connectivity index (χ0) is 15.1. The molecule has 1 fully saturated rings. The molecule has 0 aromatic carbocycles. The molecule has 2 unspecified atom stereocenters. The van der Waals surface area contributed by atoms with Crippen LogP contribution in [-0.2, 0) is 4.74 Å². The van der Waals surface area contributed by atoms with Gasteiger partial charge in [-0.25, -0.2) is 4.98 Å². The number of nitrogens with zero attached hydrogens (tertiary/aromatic N) is 4. The molecular weight excluding hydrogens is 280 g/mol. The van der Waals surface area contributed by atoms with Crippen LogP contribution < -0.4 is 0 Å². The van der Waals surface area contributed by atoms with Crippen molar-refractivity contribution < 1.29 is 9.84 Å². The first-order valence-corrected chi connectivity index (χ1v) is 7.63. The fourth-order valence-corrected chi connectivity index (χ4v) is 3.20. The molecule has 0 amide bonds. The van der Waals surface area contributed by atoms with E-state index < -0.39 is 6.10 Å². The average molecular weight is 298 g/mol. The highest BCUT2D eigenvalue weighted by Crippen LogP contribution is 2.32. The van der Waals surface area contributed by atoms with Crippen molar-refractivity contribution in [3.8, 4) is 0 Å². The Kier molecular flexibility index (Phi) is 3.28. The van der Waals surface area contributed by atoms with Crippen molar-refractivity contribution in [2.45, 2.75) is 31.9 Å². The van der Waals surface area contributed by atoms with Crippen molar-refractivity contribution in [1.82, 2.24) is 19.5 Å². The lowest BCUT2D eigenvalue weighted by atomic mass is 10.1. The first-order valence-electron chi connectivity index (χ1n) is 7.63. The van der Waals surface area contributed by atoms with Crippen LogP contribution in [0.2, 0.25) is 0 Å². The number of pyridine rings is 2. The SMILES string of the molecule is CC(O)c1nc2cnc3cccnc3c2n1C1CCCOC1. The van der Waals surface area contributed by atoms with Gasteiger partial charge in [0.05, 0.1) is 29.9 Å². The zero-order valence-corrected chi connectivity index (χ0v) is 12.4. The second-order valence-corrected chi connectivity index (χ2v) is 5.75. The molecule has 6 heteroatoms.